The summed E-state index contributed by atoms with van der Waals surface area (Å²) in [5.41, 5.74) is 1.31. The van der Waals surface area contributed by atoms with E-state index in [-0.39, 0.29) is 21.9 Å². The summed E-state index contributed by atoms with van der Waals surface area (Å²) in [6.07, 6.45) is 6.66. The van der Waals surface area contributed by atoms with Crippen LogP contribution in [-0.2, 0) is 4.79 Å². The Labute approximate surface area is 162 Å². The van der Waals surface area contributed by atoms with Crippen LogP contribution in [0.4, 0.5) is 10.2 Å². The number of H-pyrrole nitrogens is 1. The lowest BCUT2D eigenvalue weighted by molar-refractivity contribution is -0.105. The molecule has 0 aliphatic heterocycles. The van der Waals surface area contributed by atoms with Crippen molar-refractivity contribution in [3.63, 3.8) is 0 Å². The van der Waals surface area contributed by atoms with E-state index in [1.54, 1.807) is 30.6 Å². The van der Waals surface area contributed by atoms with Crippen LogP contribution in [0.25, 0.3) is 27.8 Å². The number of imidazole rings is 1. The van der Waals surface area contributed by atoms with Gasteiger partial charge in [0.1, 0.15) is 0 Å². The van der Waals surface area contributed by atoms with E-state index in [1.165, 1.54) is 12.4 Å². The van der Waals surface area contributed by atoms with Crippen molar-refractivity contribution in [1.82, 2.24) is 24.6 Å². The van der Waals surface area contributed by atoms with E-state index in [4.69, 9.17) is 11.6 Å². The van der Waals surface area contributed by atoms with Gasteiger partial charge in [-0.05, 0) is 0 Å². The van der Waals surface area contributed by atoms with Gasteiger partial charge in [0, 0.05) is 23.1 Å². The molecule has 0 spiro atoms. The molecule has 0 aliphatic rings. The van der Waals surface area contributed by atoms with Crippen LogP contribution in [0.15, 0.2) is 24.8 Å². The van der Waals surface area contributed by atoms with Crippen LogP contribution in [-0.4, -0.2) is 36.8 Å². The summed E-state index contributed by atoms with van der Waals surface area (Å²) in [5, 5.41) is 9.38. The Hall–Kier alpha value is -3.33. The Morgan fingerprint density at radius 3 is 2.86 bits per heavy atom. The number of amides is 1. The topological polar surface area (TPSA) is 105 Å². The standard InChI is InChI=1S/C18H14ClFN6O2/c1-8(2)18(28)14-16(20)15(19)13(9-3-23-25-17(9)14)10-5-26-6-11(22-7-27)24-12(26)4-21-10/h3-8H,1-2H3,(H,22,27)(H,23,25). The predicted molar refractivity (Wildman–Crippen MR) is 102 cm³/mol. The van der Waals surface area contributed by atoms with Gasteiger partial charge in [0.05, 0.1) is 40.4 Å². The number of aromatic amines is 1. The molecule has 4 aromatic rings. The summed E-state index contributed by atoms with van der Waals surface area (Å²) in [6.45, 7) is 3.37. The molecule has 2 N–H and O–H groups in total. The van der Waals surface area contributed by atoms with Gasteiger partial charge in [0.15, 0.2) is 23.1 Å². The second kappa shape index (κ2) is 6.68. The van der Waals surface area contributed by atoms with Crippen molar-refractivity contribution in [2.75, 3.05) is 5.32 Å². The quantitative estimate of drug-likeness (QED) is 0.394. The highest BCUT2D eigenvalue weighted by Crippen LogP contribution is 2.39. The van der Waals surface area contributed by atoms with Crippen molar-refractivity contribution in [1.29, 1.82) is 0 Å². The SMILES string of the molecule is CC(C)C(=O)c1c(F)c(Cl)c(-c2cn3cc(NC=O)nc3cn2)c2cn[nH]c12. The van der Waals surface area contributed by atoms with Crippen LogP contribution in [0, 0.1) is 11.7 Å². The monoisotopic (exact) mass is 400 g/mol. The fourth-order valence-corrected chi connectivity index (χ4v) is 3.34. The third-order valence-corrected chi connectivity index (χ3v) is 4.72. The average Bonchev–Trinajstić information content (AvgIpc) is 3.28. The number of fused-ring (bicyclic) bond motifs is 2. The first kappa shape index (κ1) is 18.1. The molecule has 0 bridgehead atoms. The number of nitrogens with one attached hydrogen (secondary N) is 2. The molecule has 0 atom stereocenters. The van der Waals surface area contributed by atoms with Gasteiger partial charge in [-0.1, -0.05) is 25.4 Å². The Bertz CT molecular complexity index is 1250. The fraction of sp³-hybridized carbons (Fsp3) is 0.167. The number of rotatable bonds is 5. The van der Waals surface area contributed by atoms with Gasteiger partial charge in [0.2, 0.25) is 6.41 Å². The number of anilines is 1. The van der Waals surface area contributed by atoms with Crippen molar-refractivity contribution in [2.24, 2.45) is 5.92 Å². The third kappa shape index (κ3) is 2.71. The van der Waals surface area contributed by atoms with Crippen LogP contribution >= 0.6 is 11.6 Å². The maximum Gasteiger partial charge on any atom is 0.212 e. The number of nitrogens with zero attached hydrogens (tertiary/aromatic N) is 4. The fourth-order valence-electron chi connectivity index (χ4n) is 3.04. The van der Waals surface area contributed by atoms with E-state index in [2.05, 4.69) is 25.5 Å². The number of carbonyl (C=O) groups excluding carboxylic acids is 2. The number of Topliss-reactive ketones (excluding diaryl/α,β-unsaturated/α-hetero) is 1. The molecule has 0 saturated heterocycles. The predicted octanol–water partition coefficient (Wildman–Crippen LogP) is 3.47. The summed E-state index contributed by atoms with van der Waals surface area (Å²) in [5.74, 6) is -1.25. The third-order valence-electron chi connectivity index (χ3n) is 4.37. The first-order valence-corrected chi connectivity index (χ1v) is 8.73. The lowest BCUT2D eigenvalue weighted by Gasteiger charge is -2.13. The molecule has 0 saturated carbocycles. The lowest BCUT2D eigenvalue weighted by Crippen LogP contribution is -2.11. The maximum atomic E-state index is 15.1. The zero-order valence-electron chi connectivity index (χ0n) is 14.8. The number of benzene rings is 1. The molecule has 0 radical (unpaired) electrons. The van der Waals surface area contributed by atoms with Crippen molar-refractivity contribution < 1.29 is 14.0 Å². The Morgan fingerprint density at radius 1 is 1.36 bits per heavy atom. The number of aromatic nitrogens is 5. The minimum Gasteiger partial charge on any atom is -0.312 e. The van der Waals surface area contributed by atoms with Gasteiger partial charge < -0.3 is 9.72 Å². The largest absolute Gasteiger partial charge is 0.312 e. The molecule has 28 heavy (non-hydrogen) atoms. The molecule has 142 valence electrons. The number of hydrogen-bond acceptors (Lipinski definition) is 5. The van der Waals surface area contributed by atoms with Crippen molar-refractivity contribution >= 4 is 46.2 Å². The summed E-state index contributed by atoms with van der Waals surface area (Å²) >= 11 is 6.33. The highest BCUT2D eigenvalue weighted by atomic mass is 35.5. The molecule has 0 fully saturated rings. The van der Waals surface area contributed by atoms with E-state index in [0.717, 1.165) is 0 Å². The molecule has 0 unspecified atom stereocenters. The molecule has 10 heteroatoms. The molecular formula is C18H14ClFN6O2. The van der Waals surface area contributed by atoms with E-state index in [9.17, 15) is 9.59 Å². The van der Waals surface area contributed by atoms with Gasteiger partial charge in [-0.3, -0.25) is 19.7 Å². The second-order valence-electron chi connectivity index (χ2n) is 6.48. The first-order valence-electron chi connectivity index (χ1n) is 8.36. The van der Waals surface area contributed by atoms with Gasteiger partial charge in [-0.25, -0.2) is 9.37 Å². The molecular weight excluding hydrogens is 387 g/mol. The summed E-state index contributed by atoms with van der Waals surface area (Å²) in [7, 11) is 0. The number of carbonyl (C=O) groups is 2. The summed E-state index contributed by atoms with van der Waals surface area (Å²) in [6, 6.07) is 0. The number of hydrogen-bond donors (Lipinski definition) is 2. The number of halogens is 2. The van der Waals surface area contributed by atoms with Gasteiger partial charge in [-0.2, -0.15) is 5.10 Å². The van der Waals surface area contributed by atoms with Crippen LogP contribution in [0.1, 0.15) is 24.2 Å². The van der Waals surface area contributed by atoms with Crippen molar-refractivity contribution in [2.45, 2.75) is 13.8 Å². The zero-order chi connectivity index (χ0) is 20.0. The molecule has 4 rings (SSSR count). The highest BCUT2D eigenvalue weighted by molar-refractivity contribution is 6.36. The van der Waals surface area contributed by atoms with Crippen molar-refractivity contribution in [3.05, 3.63) is 41.2 Å². The molecule has 0 aliphatic carbocycles. The molecule has 1 aromatic carbocycles. The number of ketones is 1. The zero-order valence-corrected chi connectivity index (χ0v) is 15.6. The van der Waals surface area contributed by atoms with Crippen LogP contribution in [0.2, 0.25) is 5.02 Å². The maximum absolute atomic E-state index is 15.1. The first-order chi connectivity index (χ1) is 13.4. The molecule has 3 aromatic heterocycles. The van der Waals surface area contributed by atoms with Crippen molar-refractivity contribution in [3.8, 4) is 11.3 Å². The molecule has 3 heterocycles. The van der Waals surface area contributed by atoms with E-state index < -0.39 is 11.7 Å². The minimum atomic E-state index is -0.817. The van der Waals surface area contributed by atoms with Crippen LogP contribution in [0.5, 0.6) is 0 Å². The van der Waals surface area contributed by atoms with E-state index in [1.807, 2.05) is 0 Å². The van der Waals surface area contributed by atoms with Crippen LogP contribution < -0.4 is 5.32 Å². The van der Waals surface area contributed by atoms with E-state index in [0.29, 0.717) is 34.5 Å². The molecule has 8 nitrogen and oxygen atoms in total. The molecule has 1 amide bonds. The highest BCUT2D eigenvalue weighted by Gasteiger charge is 2.27. The van der Waals surface area contributed by atoms with Gasteiger partial charge >= 0.3 is 0 Å². The lowest BCUT2D eigenvalue weighted by atomic mass is 9.95. The van der Waals surface area contributed by atoms with Gasteiger partial charge in [0.25, 0.3) is 0 Å². The van der Waals surface area contributed by atoms with E-state index >= 15 is 4.39 Å². The second-order valence-corrected chi connectivity index (χ2v) is 6.86. The Morgan fingerprint density at radius 2 is 2.14 bits per heavy atom. The summed E-state index contributed by atoms with van der Waals surface area (Å²) in [4.78, 5) is 31.6. The van der Waals surface area contributed by atoms with Crippen LogP contribution in [0.3, 0.4) is 0 Å². The smallest absolute Gasteiger partial charge is 0.212 e. The summed E-state index contributed by atoms with van der Waals surface area (Å²) < 4.78 is 16.7. The minimum absolute atomic E-state index is 0.113. The average molecular weight is 401 g/mol. The van der Waals surface area contributed by atoms with Gasteiger partial charge in [-0.15, -0.1) is 0 Å². The Kier molecular flexibility index (Phi) is 4.31. The Balaban J connectivity index is 1.97. The normalized spacial score (nSPS) is 11.5.